The highest BCUT2D eigenvalue weighted by atomic mass is 32.1. The van der Waals surface area contributed by atoms with E-state index >= 15 is 0 Å². The standard InChI is InChI=1S/C17H16N4O3S2/c1-10-2-4-12(5-3-10)24-7-15-20-13(9-25-15)16(23)21-17-19-11(8-26-17)6-14(18)22/h2-5,8-9H,6-7H2,1H3,(H2,18,22)(H,19,21,23). The van der Waals surface area contributed by atoms with E-state index in [2.05, 4.69) is 15.3 Å². The van der Waals surface area contributed by atoms with E-state index in [-0.39, 0.29) is 12.3 Å². The maximum absolute atomic E-state index is 12.2. The van der Waals surface area contributed by atoms with Crippen molar-refractivity contribution in [2.75, 3.05) is 5.32 Å². The van der Waals surface area contributed by atoms with Crippen molar-refractivity contribution in [3.8, 4) is 5.75 Å². The van der Waals surface area contributed by atoms with Gasteiger partial charge in [0.2, 0.25) is 5.91 Å². The molecule has 2 heterocycles. The van der Waals surface area contributed by atoms with Crippen molar-refractivity contribution < 1.29 is 14.3 Å². The largest absolute Gasteiger partial charge is 0.486 e. The van der Waals surface area contributed by atoms with Crippen molar-refractivity contribution in [3.63, 3.8) is 0 Å². The van der Waals surface area contributed by atoms with Crippen LogP contribution >= 0.6 is 22.7 Å². The first-order chi connectivity index (χ1) is 12.5. The van der Waals surface area contributed by atoms with Gasteiger partial charge >= 0.3 is 0 Å². The predicted octanol–water partition coefficient (Wildman–Crippen LogP) is 2.77. The minimum absolute atomic E-state index is 0.0452. The van der Waals surface area contributed by atoms with Crippen LogP contribution in [0.5, 0.6) is 5.75 Å². The molecule has 0 spiro atoms. The van der Waals surface area contributed by atoms with Crippen LogP contribution in [-0.2, 0) is 17.8 Å². The van der Waals surface area contributed by atoms with Crippen molar-refractivity contribution in [3.05, 3.63) is 57.0 Å². The van der Waals surface area contributed by atoms with E-state index in [4.69, 9.17) is 10.5 Å². The van der Waals surface area contributed by atoms with Gasteiger partial charge in [0.15, 0.2) is 5.13 Å². The first-order valence-electron chi connectivity index (χ1n) is 7.67. The van der Waals surface area contributed by atoms with Gasteiger partial charge in [-0.3, -0.25) is 14.9 Å². The molecule has 3 rings (SSSR count). The van der Waals surface area contributed by atoms with Gasteiger partial charge < -0.3 is 10.5 Å². The van der Waals surface area contributed by atoms with Gasteiger partial charge in [0, 0.05) is 10.8 Å². The number of nitrogens with one attached hydrogen (secondary N) is 1. The molecule has 0 radical (unpaired) electrons. The molecule has 0 aliphatic heterocycles. The van der Waals surface area contributed by atoms with Gasteiger partial charge in [-0.15, -0.1) is 22.7 Å². The van der Waals surface area contributed by atoms with Gasteiger partial charge in [-0.1, -0.05) is 17.7 Å². The lowest BCUT2D eigenvalue weighted by Gasteiger charge is -2.03. The molecule has 7 nitrogen and oxygen atoms in total. The molecular formula is C17H16N4O3S2. The summed E-state index contributed by atoms with van der Waals surface area (Å²) in [5.74, 6) is -0.0738. The molecule has 9 heteroatoms. The molecule has 0 unspecified atom stereocenters. The van der Waals surface area contributed by atoms with E-state index in [9.17, 15) is 9.59 Å². The molecule has 134 valence electrons. The lowest BCUT2D eigenvalue weighted by Crippen LogP contribution is -2.15. The Morgan fingerprint density at radius 1 is 1.15 bits per heavy atom. The van der Waals surface area contributed by atoms with Crippen LogP contribution in [0.3, 0.4) is 0 Å². The van der Waals surface area contributed by atoms with Gasteiger partial charge in [-0.25, -0.2) is 9.97 Å². The second-order valence-corrected chi connectivity index (χ2v) is 7.27. The smallest absolute Gasteiger partial charge is 0.276 e. The van der Waals surface area contributed by atoms with Crippen LogP contribution in [0.1, 0.15) is 26.8 Å². The van der Waals surface area contributed by atoms with Crippen molar-refractivity contribution in [1.82, 2.24) is 9.97 Å². The minimum atomic E-state index is -0.467. The summed E-state index contributed by atoms with van der Waals surface area (Å²) in [5, 5.41) is 7.11. The van der Waals surface area contributed by atoms with Crippen LogP contribution in [-0.4, -0.2) is 21.8 Å². The molecule has 0 atom stereocenters. The Morgan fingerprint density at radius 3 is 2.65 bits per heavy atom. The molecule has 0 saturated carbocycles. The van der Waals surface area contributed by atoms with Gasteiger partial charge in [0.25, 0.3) is 5.91 Å². The maximum atomic E-state index is 12.2. The van der Waals surface area contributed by atoms with Crippen LogP contribution in [0.2, 0.25) is 0 Å². The summed E-state index contributed by atoms with van der Waals surface area (Å²) in [6, 6.07) is 7.72. The van der Waals surface area contributed by atoms with Crippen molar-refractivity contribution >= 4 is 39.6 Å². The Hall–Kier alpha value is -2.78. The van der Waals surface area contributed by atoms with E-state index in [1.807, 2.05) is 31.2 Å². The highest BCUT2D eigenvalue weighted by Crippen LogP contribution is 2.19. The zero-order chi connectivity index (χ0) is 18.5. The molecule has 0 saturated heterocycles. The first-order valence-corrected chi connectivity index (χ1v) is 9.43. The number of rotatable bonds is 7. The summed E-state index contributed by atoms with van der Waals surface area (Å²) in [5.41, 5.74) is 7.11. The summed E-state index contributed by atoms with van der Waals surface area (Å²) in [7, 11) is 0. The van der Waals surface area contributed by atoms with Gasteiger partial charge in [0.1, 0.15) is 23.1 Å². The van der Waals surface area contributed by atoms with Crippen molar-refractivity contribution in [2.24, 2.45) is 5.73 Å². The van der Waals surface area contributed by atoms with E-state index in [1.54, 1.807) is 10.8 Å². The number of primary amides is 1. The number of aromatic nitrogens is 2. The maximum Gasteiger partial charge on any atom is 0.276 e. The Morgan fingerprint density at radius 2 is 1.92 bits per heavy atom. The Labute approximate surface area is 157 Å². The van der Waals surface area contributed by atoms with E-state index in [0.717, 1.165) is 11.3 Å². The summed E-state index contributed by atoms with van der Waals surface area (Å²) >= 11 is 2.58. The number of carbonyl (C=O) groups excluding carboxylic acids is 2. The Balaban J connectivity index is 1.56. The molecule has 2 amide bonds. The second-order valence-electron chi connectivity index (χ2n) is 5.47. The van der Waals surface area contributed by atoms with Crippen LogP contribution in [0, 0.1) is 6.92 Å². The lowest BCUT2D eigenvalue weighted by molar-refractivity contribution is -0.117. The zero-order valence-corrected chi connectivity index (χ0v) is 15.5. The fourth-order valence-corrected chi connectivity index (χ4v) is 3.44. The third kappa shape index (κ3) is 4.87. The minimum Gasteiger partial charge on any atom is -0.486 e. The van der Waals surface area contributed by atoms with Gasteiger partial charge in [0.05, 0.1) is 12.1 Å². The van der Waals surface area contributed by atoms with Crippen LogP contribution < -0.4 is 15.8 Å². The third-order valence-corrected chi connectivity index (χ3v) is 4.92. The van der Waals surface area contributed by atoms with Crippen LogP contribution in [0.25, 0.3) is 0 Å². The van der Waals surface area contributed by atoms with E-state index < -0.39 is 5.91 Å². The highest BCUT2D eigenvalue weighted by Gasteiger charge is 2.14. The summed E-state index contributed by atoms with van der Waals surface area (Å²) in [4.78, 5) is 31.5. The average Bonchev–Trinajstić information content (AvgIpc) is 3.23. The Kier molecular flexibility index (Phi) is 5.59. The molecule has 3 N–H and O–H groups in total. The Bertz CT molecular complexity index is 918. The third-order valence-electron chi connectivity index (χ3n) is 3.30. The SMILES string of the molecule is Cc1ccc(OCc2nc(C(=O)Nc3nc(CC(N)=O)cs3)cs2)cc1. The molecule has 3 aromatic rings. The molecule has 2 aromatic heterocycles. The number of nitrogens with zero attached hydrogens (tertiary/aromatic N) is 2. The normalized spacial score (nSPS) is 10.5. The van der Waals surface area contributed by atoms with Crippen LogP contribution in [0.15, 0.2) is 35.0 Å². The number of anilines is 1. The van der Waals surface area contributed by atoms with E-state index in [1.165, 1.54) is 22.7 Å². The molecular weight excluding hydrogens is 372 g/mol. The fourth-order valence-electron chi connectivity index (χ4n) is 2.05. The molecule has 0 bridgehead atoms. The summed E-state index contributed by atoms with van der Waals surface area (Å²) in [6.45, 7) is 2.30. The average molecular weight is 388 g/mol. The molecule has 26 heavy (non-hydrogen) atoms. The second kappa shape index (κ2) is 8.07. The van der Waals surface area contributed by atoms with Gasteiger partial charge in [-0.2, -0.15) is 0 Å². The topological polar surface area (TPSA) is 107 Å². The predicted molar refractivity (Wildman–Crippen MR) is 101 cm³/mol. The number of hydrogen-bond acceptors (Lipinski definition) is 7. The number of ether oxygens (including phenoxy) is 1. The zero-order valence-electron chi connectivity index (χ0n) is 13.9. The number of nitrogens with two attached hydrogens (primary N) is 1. The van der Waals surface area contributed by atoms with Crippen molar-refractivity contribution in [2.45, 2.75) is 20.0 Å². The highest BCUT2D eigenvalue weighted by molar-refractivity contribution is 7.14. The monoisotopic (exact) mass is 388 g/mol. The molecule has 0 fully saturated rings. The van der Waals surface area contributed by atoms with Crippen molar-refractivity contribution in [1.29, 1.82) is 0 Å². The molecule has 1 aromatic carbocycles. The number of carbonyl (C=O) groups is 2. The lowest BCUT2D eigenvalue weighted by atomic mass is 10.2. The number of aryl methyl sites for hydroxylation is 1. The summed E-state index contributed by atoms with van der Waals surface area (Å²) in [6.07, 6.45) is 0.0452. The number of benzene rings is 1. The van der Waals surface area contributed by atoms with Crippen LogP contribution in [0.4, 0.5) is 5.13 Å². The number of amides is 2. The first kappa shape index (κ1) is 18.0. The van der Waals surface area contributed by atoms with E-state index in [0.29, 0.717) is 28.1 Å². The van der Waals surface area contributed by atoms with Gasteiger partial charge in [-0.05, 0) is 19.1 Å². The fraction of sp³-hybridized carbons (Fsp3) is 0.176. The molecule has 0 aliphatic carbocycles. The summed E-state index contributed by atoms with van der Waals surface area (Å²) < 4.78 is 5.66. The number of hydrogen-bond donors (Lipinski definition) is 2. The quantitative estimate of drug-likeness (QED) is 0.647. The number of thiazole rings is 2. The molecule has 0 aliphatic rings.